The van der Waals surface area contributed by atoms with E-state index >= 15 is 0 Å². The van der Waals surface area contributed by atoms with Crippen LogP contribution in [0.2, 0.25) is 0 Å². The highest BCUT2D eigenvalue weighted by Crippen LogP contribution is 2.36. The van der Waals surface area contributed by atoms with Crippen molar-refractivity contribution in [1.29, 1.82) is 0 Å². The number of nitrogens with zero attached hydrogens (tertiary/aromatic N) is 1. The van der Waals surface area contributed by atoms with Crippen molar-refractivity contribution in [3.8, 4) is 0 Å². The van der Waals surface area contributed by atoms with Gasteiger partial charge in [-0.15, -0.1) is 12.4 Å². The molecule has 0 aromatic heterocycles. The van der Waals surface area contributed by atoms with Crippen molar-refractivity contribution in [2.75, 3.05) is 13.6 Å². The summed E-state index contributed by atoms with van der Waals surface area (Å²) in [7, 11) is -2.17. The van der Waals surface area contributed by atoms with E-state index in [9.17, 15) is 12.8 Å². The van der Waals surface area contributed by atoms with E-state index in [0.717, 1.165) is 18.9 Å². The van der Waals surface area contributed by atoms with Gasteiger partial charge in [-0.05, 0) is 43.4 Å². The molecule has 1 fully saturated rings. The Morgan fingerprint density at radius 1 is 1.45 bits per heavy atom. The minimum atomic E-state index is -3.70. The summed E-state index contributed by atoms with van der Waals surface area (Å²) in [4.78, 5) is 0.0223. The molecule has 0 amide bonds. The lowest BCUT2D eigenvalue weighted by Gasteiger charge is -2.27. The van der Waals surface area contributed by atoms with Crippen LogP contribution in [0.5, 0.6) is 0 Å². The molecule has 0 aliphatic heterocycles. The highest BCUT2D eigenvalue weighted by molar-refractivity contribution is 7.89. The lowest BCUT2D eigenvalue weighted by atomic mass is 10.2. The van der Waals surface area contributed by atoms with E-state index in [1.54, 1.807) is 6.92 Å². The molecule has 1 unspecified atom stereocenters. The van der Waals surface area contributed by atoms with E-state index in [1.807, 2.05) is 0 Å². The molecule has 1 aromatic carbocycles. The molecule has 2 N–H and O–H groups in total. The normalized spacial score (nSPS) is 16.9. The number of rotatable bonds is 5. The Morgan fingerprint density at radius 3 is 2.55 bits per heavy atom. The number of aryl methyl sites for hydroxylation is 1. The third-order valence-electron chi connectivity index (χ3n) is 3.68. The van der Waals surface area contributed by atoms with Gasteiger partial charge in [0.1, 0.15) is 5.82 Å². The van der Waals surface area contributed by atoms with E-state index in [2.05, 4.69) is 0 Å². The van der Waals surface area contributed by atoms with Crippen LogP contribution in [-0.2, 0) is 10.0 Å². The van der Waals surface area contributed by atoms with Crippen molar-refractivity contribution >= 4 is 22.4 Å². The third kappa shape index (κ3) is 3.31. The molecule has 0 heterocycles. The first-order valence-corrected chi connectivity index (χ1v) is 7.76. The van der Waals surface area contributed by atoms with Crippen LogP contribution in [0.1, 0.15) is 18.4 Å². The van der Waals surface area contributed by atoms with E-state index in [-0.39, 0.29) is 29.9 Å². The van der Waals surface area contributed by atoms with Crippen molar-refractivity contribution in [1.82, 2.24) is 4.31 Å². The Labute approximate surface area is 125 Å². The second kappa shape index (κ2) is 6.39. The second-order valence-corrected chi connectivity index (χ2v) is 7.04. The van der Waals surface area contributed by atoms with E-state index in [4.69, 9.17) is 5.73 Å². The molecule has 0 spiro atoms. The molecule has 7 heteroatoms. The van der Waals surface area contributed by atoms with Crippen LogP contribution in [0.4, 0.5) is 4.39 Å². The molecule has 0 bridgehead atoms. The number of benzene rings is 1. The molecule has 4 nitrogen and oxygen atoms in total. The Kier molecular flexibility index (Phi) is 5.54. The SMILES string of the molecule is Cc1ccc(F)cc1S(=O)(=O)N(C)C(CN)C1CC1.Cl. The number of likely N-dealkylation sites (N-methyl/N-ethyl adjacent to an activating group) is 1. The van der Waals surface area contributed by atoms with Crippen LogP contribution in [0.25, 0.3) is 0 Å². The average molecular weight is 323 g/mol. The average Bonchev–Trinajstić information content (AvgIpc) is 3.17. The standard InChI is InChI=1S/C13H19FN2O2S.ClH/c1-9-3-6-11(14)7-13(9)19(17,18)16(2)12(8-15)10-4-5-10;/h3,6-7,10,12H,4-5,8,15H2,1-2H3;1H. The fraction of sp³-hybridized carbons (Fsp3) is 0.538. The number of hydrogen-bond donors (Lipinski definition) is 1. The highest BCUT2D eigenvalue weighted by atomic mass is 35.5. The number of halogens is 2. The fourth-order valence-corrected chi connectivity index (χ4v) is 3.97. The molecular weight excluding hydrogens is 303 g/mol. The summed E-state index contributed by atoms with van der Waals surface area (Å²) in [6, 6.07) is 3.61. The van der Waals surface area contributed by atoms with E-state index < -0.39 is 15.8 Å². The Balaban J connectivity index is 0.00000200. The third-order valence-corrected chi connectivity index (χ3v) is 5.71. The van der Waals surface area contributed by atoms with Gasteiger partial charge in [0, 0.05) is 19.6 Å². The second-order valence-electron chi connectivity index (χ2n) is 5.07. The summed E-state index contributed by atoms with van der Waals surface area (Å²) >= 11 is 0. The van der Waals surface area contributed by atoms with Crippen LogP contribution < -0.4 is 5.73 Å². The summed E-state index contributed by atoms with van der Waals surface area (Å²) in [5, 5.41) is 0. The van der Waals surface area contributed by atoms with Crippen LogP contribution in [0.15, 0.2) is 23.1 Å². The lowest BCUT2D eigenvalue weighted by molar-refractivity contribution is 0.340. The first kappa shape index (κ1) is 17.4. The zero-order valence-corrected chi connectivity index (χ0v) is 13.2. The largest absolute Gasteiger partial charge is 0.329 e. The molecule has 1 aromatic rings. The fourth-order valence-electron chi connectivity index (χ4n) is 2.30. The van der Waals surface area contributed by atoms with Crippen LogP contribution in [0, 0.1) is 18.7 Å². The molecule has 0 radical (unpaired) electrons. The Bertz CT molecular complexity index is 576. The lowest BCUT2D eigenvalue weighted by Crippen LogP contribution is -2.43. The predicted molar refractivity (Wildman–Crippen MR) is 78.9 cm³/mol. The maximum Gasteiger partial charge on any atom is 0.243 e. The van der Waals surface area contributed by atoms with Crippen molar-refractivity contribution in [3.63, 3.8) is 0 Å². The van der Waals surface area contributed by atoms with Gasteiger partial charge in [-0.25, -0.2) is 12.8 Å². The zero-order chi connectivity index (χ0) is 14.2. The quantitative estimate of drug-likeness (QED) is 0.900. The minimum absolute atomic E-state index is 0. The number of sulfonamides is 1. The van der Waals surface area contributed by atoms with Gasteiger partial charge in [-0.2, -0.15) is 4.31 Å². The molecular formula is C13H20ClFN2O2S. The maximum atomic E-state index is 13.3. The molecule has 20 heavy (non-hydrogen) atoms. The summed E-state index contributed by atoms with van der Waals surface area (Å²) in [6.45, 7) is 1.95. The van der Waals surface area contributed by atoms with Gasteiger partial charge < -0.3 is 5.73 Å². The monoisotopic (exact) mass is 322 g/mol. The van der Waals surface area contributed by atoms with Crippen molar-refractivity contribution < 1.29 is 12.8 Å². The van der Waals surface area contributed by atoms with Gasteiger partial charge in [0.25, 0.3) is 0 Å². The Morgan fingerprint density at radius 2 is 2.05 bits per heavy atom. The van der Waals surface area contributed by atoms with Crippen LogP contribution in [0.3, 0.4) is 0 Å². The zero-order valence-electron chi connectivity index (χ0n) is 11.5. The van der Waals surface area contributed by atoms with E-state index in [0.29, 0.717) is 11.5 Å². The van der Waals surface area contributed by atoms with Crippen LogP contribution in [-0.4, -0.2) is 32.4 Å². The predicted octanol–water partition coefficient (Wildman–Crippen LogP) is 1.91. The Hall–Kier alpha value is -0.690. The topological polar surface area (TPSA) is 63.4 Å². The first-order valence-electron chi connectivity index (χ1n) is 6.32. The molecule has 1 aliphatic carbocycles. The molecule has 1 aliphatic rings. The number of hydrogen-bond acceptors (Lipinski definition) is 3. The summed E-state index contributed by atoms with van der Waals surface area (Å²) < 4.78 is 39.7. The molecule has 1 saturated carbocycles. The van der Waals surface area contributed by atoms with Gasteiger partial charge in [-0.3, -0.25) is 0 Å². The molecule has 0 saturated heterocycles. The molecule has 1 atom stereocenters. The summed E-state index contributed by atoms with van der Waals surface area (Å²) in [5.74, 6) is -0.216. The smallest absolute Gasteiger partial charge is 0.243 e. The van der Waals surface area contributed by atoms with Crippen molar-refractivity contribution in [2.24, 2.45) is 11.7 Å². The van der Waals surface area contributed by atoms with Crippen molar-refractivity contribution in [2.45, 2.75) is 30.7 Å². The van der Waals surface area contributed by atoms with Gasteiger partial charge in [-0.1, -0.05) is 6.07 Å². The highest BCUT2D eigenvalue weighted by Gasteiger charge is 2.38. The summed E-state index contributed by atoms with van der Waals surface area (Å²) in [6.07, 6.45) is 2.01. The van der Waals surface area contributed by atoms with Crippen molar-refractivity contribution in [3.05, 3.63) is 29.6 Å². The maximum absolute atomic E-state index is 13.3. The first-order chi connectivity index (χ1) is 8.87. The van der Waals surface area contributed by atoms with Crippen LogP contribution >= 0.6 is 12.4 Å². The molecule has 2 rings (SSSR count). The van der Waals surface area contributed by atoms with Gasteiger partial charge >= 0.3 is 0 Å². The van der Waals surface area contributed by atoms with E-state index in [1.165, 1.54) is 23.5 Å². The van der Waals surface area contributed by atoms with Gasteiger partial charge in [0.15, 0.2) is 0 Å². The minimum Gasteiger partial charge on any atom is -0.329 e. The van der Waals surface area contributed by atoms with Gasteiger partial charge in [0.2, 0.25) is 10.0 Å². The van der Waals surface area contributed by atoms with Gasteiger partial charge in [0.05, 0.1) is 4.90 Å². The number of nitrogens with two attached hydrogens (primary N) is 1. The summed E-state index contributed by atoms with van der Waals surface area (Å²) in [5.41, 5.74) is 6.22. The molecule has 114 valence electrons.